The molecule has 108 valence electrons. The zero-order valence-corrected chi connectivity index (χ0v) is 11.5. The van der Waals surface area contributed by atoms with Crippen LogP contribution in [0.25, 0.3) is 6.08 Å². The number of carbonyl (C=O) groups is 1. The van der Waals surface area contributed by atoms with Gasteiger partial charge in [0.25, 0.3) is 0 Å². The predicted molar refractivity (Wildman–Crippen MR) is 75.5 cm³/mol. The molecule has 1 unspecified atom stereocenters. The number of carbonyl (C=O) groups excluding carboxylic acids is 1. The third-order valence-electron chi connectivity index (χ3n) is 3.14. The van der Waals surface area contributed by atoms with Crippen LogP contribution in [-0.2, 0) is 4.79 Å². The maximum atomic E-state index is 11.8. The normalized spacial score (nSPS) is 14.5. The maximum Gasteiger partial charge on any atom is 0.244 e. The van der Waals surface area contributed by atoms with Gasteiger partial charge < -0.3 is 19.9 Å². The monoisotopic (exact) mass is 277 g/mol. The highest BCUT2D eigenvalue weighted by atomic mass is 16.7. The molecule has 1 aliphatic heterocycles. The average Bonchev–Trinajstić information content (AvgIpc) is 2.92. The third-order valence-corrected chi connectivity index (χ3v) is 3.14. The Labute approximate surface area is 118 Å². The van der Waals surface area contributed by atoms with Crippen molar-refractivity contribution in [2.24, 2.45) is 0 Å². The Morgan fingerprint density at radius 1 is 1.45 bits per heavy atom. The number of benzene rings is 1. The van der Waals surface area contributed by atoms with E-state index in [9.17, 15) is 4.79 Å². The molecule has 0 saturated heterocycles. The van der Waals surface area contributed by atoms with E-state index in [0.717, 1.165) is 17.7 Å². The number of amides is 1. The van der Waals surface area contributed by atoms with Gasteiger partial charge in [0, 0.05) is 18.7 Å². The molecule has 0 saturated carbocycles. The van der Waals surface area contributed by atoms with E-state index in [4.69, 9.17) is 14.6 Å². The van der Waals surface area contributed by atoms with Gasteiger partial charge in [0.2, 0.25) is 12.7 Å². The molecule has 2 rings (SSSR count). The van der Waals surface area contributed by atoms with Crippen LogP contribution in [0.2, 0.25) is 0 Å². The summed E-state index contributed by atoms with van der Waals surface area (Å²) in [5.74, 6) is 1.25. The smallest absolute Gasteiger partial charge is 0.244 e. The summed E-state index contributed by atoms with van der Waals surface area (Å²) in [7, 11) is 0. The maximum absolute atomic E-state index is 11.8. The molecule has 0 spiro atoms. The molecule has 2 N–H and O–H groups in total. The van der Waals surface area contributed by atoms with Crippen LogP contribution in [0.4, 0.5) is 0 Å². The molecule has 5 nitrogen and oxygen atoms in total. The Balaban J connectivity index is 1.93. The van der Waals surface area contributed by atoms with Crippen LogP contribution in [0.3, 0.4) is 0 Å². The lowest BCUT2D eigenvalue weighted by Gasteiger charge is -2.13. The highest BCUT2D eigenvalue weighted by Gasteiger charge is 2.12. The van der Waals surface area contributed by atoms with Gasteiger partial charge in [-0.1, -0.05) is 13.0 Å². The molecule has 1 aromatic rings. The number of aliphatic hydroxyl groups is 1. The van der Waals surface area contributed by atoms with Crippen molar-refractivity contribution in [3.05, 3.63) is 29.8 Å². The fourth-order valence-corrected chi connectivity index (χ4v) is 1.97. The number of fused-ring (bicyclic) bond motifs is 1. The fourth-order valence-electron chi connectivity index (χ4n) is 1.97. The minimum atomic E-state index is -0.164. The van der Waals surface area contributed by atoms with E-state index in [1.54, 1.807) is 6.08 Å². The van der Waals surface area contributed by atoms with Gasteiger partial charge >= 0.3 is 0 Å². The highest BCUT2D eigenvalue weighted by molar-refractivity contribution is 5.92. The van der Waals surface area contributed by atoms with Crippen LogP contribution in [0.5, 0.6) is 11.5 Å². The van der Waals surface area contributed by atoms with Gasteiger partial charge in [-0.15, -0.1) is 0 Å². The minimum absolute atomic E-state index is 0.00824. The van der Waals surface area contributed by atoms with Gasteiger partial charge in [-0.3, -0.25) is 4.79 Å². The summed E-state index contributed by atoms with van der Waals surface area (Å²) in [5.41, 5.74) is 0.875. The summed E-state index contributed by atoms with van der Waals surface area (Å²) in [6, 6.07) is 5.52. The Bertz CT molecular complexity index is 499. The van der Waals surface area contributed by atoms with Gasteiger partial charge in [-0.05, 0) is 36.6 Å². The molecule has 1 atom stereocenters. The third kappa shape index (κ3) is 3.74. The average molecular weight is 277 g/mol. The van der Waals surface area contributed by atoms with Crippen molar-refractivity contribution < 1.29 is 19.4 Å². The molecule has 0 bridgehead atoms. The Hall–Kier alpha value is -2.01. The number of rotatable bonds is 6. The van der Waals surface area contributed by atoms with E-state index in [1.165, 1.54) is 6.08 Å². The zero-order valence-electron chi connectivity index (χ0n) is 11.5. The molecule has 0 fully saturated rings. The number of hydrogen-bond acceptors (Lipinski definition) is 4. The lowest BCUT2D eigenvalue weighted by Crippen LogP contribution is -2.33. The lowest BCUT2D eigenvalue weighted by molar-refractivity contribution is -0.117. The van der Waals surface area contributed by atoms with Crippen LogP contribution >= 0.6 is 0 Å². The molecule has 1 aromatic carbocycles. The largest absolute Gasteiger partial charge is 0.454 e. The second kappa shape index (κ2) is 6.96. The number of aliphatic hydroxyl groups excluding tert-OH is 1. The Morgan fingerprint density at radius 3 is 3.00 bits per heavy atom. The molecular formula is C15H19NO4. The summed E-state index contributed by atoms with van der Waals surface area (Å²) in [5, 5.41) is 11.7. The van der Waals surface area contributed by atoms with Crippen molar-refractivity contribution in [1.82, 2.24) is 5.32 Å². The first-order valence-corrected chi connectivity index (χ1v) is 6.72. The number of ether oxygens (including phenoxy) is 2. The van der Waals surface area contributed by atoms with Gasteiger partial charge in [0.1, 0.15) is 0 Å². The van der Waals surface area contributed by atoms with E-state index in [2.05, 4.69) is 5.32 Å². The molecule has 5 heteroatoms. The molecular weight excluding hydrogens is 258 g/mol. The molecule has 1 amide bonds. The molecule has 0 aliphatic carbocycles. The summed E-state index contributed by atoms with van der Waals surface area (Å²) in [6.45, 7) is 2.29. The van der Waals surface area contributed by atoms with Gasteiger partial charge in [0.15, 0.2) is 11.5 Å². The van der Waals surface area contributed by atoms with Gasteiger partial charge in [-0.25, -0.2) is 0 Å². The summed E-state index contributed by atoms with van der Waals surface area (Å²) in [4.78, 5) is 11.8. The van der Waals surface area contributed by atoms with Crippen molar-refractivity contribution in [2.45, 2.75) is 25.8 Å². The van der Waals surface area contributed by atoms with Crippen LogP contribution in [0.15, 0.2) is 24.3 Å². The van der Waals surface area contributed by atoms with Crippen LogP contribution in [0.1, 0.15) is 25.3 Å². The summed E-state index contributed by atoms with van der Waals surface area (Å²) >= 11 is 0. The van der Waals surface area contributed by atoms with Crippen molar-refractivity contribution in [1.29, 1.82) is 0 Å². The minimum Gasteiger partial charge on any atom is -0.454 e. The molecule has 0 radical (unpaired) electrons. The topological polar surface area (TPSA) is 67.8 Å². The van der Waals surface area contributed by atoms with Crippen LogP contribution in [0, 0.1) is 0 Å². The van der Waals surface area contributed by atoms with Gasteiger partial charge in [-0.2, -0.15) is 0 Å². The summed E-state index contributed by atoms with van der Waals surface area (Å²) in [6.07, 6.45) is 4.57. The quantitative estimate of drug-likeness (QED) is 0.777. The summed E-state index contributed by atoms with van der Waals surface area (Å²) < 4.78 is 10.5. The van der Waals surface area contributed by atoms with Crippen LogP contribution in [-0.4, -0.2) is 30.5 Å². The molecule has 1 heterocycles. The van der Waals surface area contributed by atoms with E-state index in [1.807, 2.05) is 25.1 Å². The van der Waals surface area contributed by atoms with E-state index < -0.39 is 0 Å². The van der Waals surface area contributed by atoms with Gasteiger partial charge in [0.05, 0.1) is 0 Å². The zero-order chi connectivity index (χ0) is 14.4. The standard InChI is InChI=1S/C15H19NO4/c1-2-12(7-8-17)16-15(18)6-4-11-3-5-13-14(9-11)20-10-19-13/h3-6,9,12,17H,2,7-8,10H2,1H3,(H,16,18)/b6-4+. The van der Waals surface area contributed by atoms with Crippen molar-refractivity contribution in [2.75, 3.05) is 13.4 Å². The first-order valence-electron chi connectivity index (χ1n) is 6.72. The Morgan fingerprint density at radius 2 is 2.25 bits per heavy atom. The first kappa shape index (κ1) is 14.4. The lowest BCUT2D eigenvalue weighted by atomic mass is 10.1. The number of nitrogens with one attached hydrogen (secondary N) is 1. The molecule has 20 heavy (non-hydrogen) atoms. The molecule has 1 aliphatic rings. The van der Waals surface area contributed by atoms with Crippen molar-refractivity contribution in [3.63, 3.8) is 0 Å². The van der Waals surface area contributed by atoms with Crippen LogP contribution < -0.4 is 14.8 Å². The number of hydrogen-bond donors (Lipinski definition) is 2. The fraction of sp³-hybridized carbons (Fsp3) is 0.400. The van der Waals surface area contributed by atoms with Crippen molar-refractivity contribution >= 4 is 12.0 Å². The van der Waals surface area contributed by atoms with Crippen molar-refractivity contribution in [3.8, 4) is 11.5 Å². The second-order valence-electron chi connectivity index (χ2n) is 4.57. The van der Waals surface area contributed by atoms with E-state index in [-0.39, 0.29) is 25.3 Å². The SMILES string of the molecule is CCC(CCO)NC(=O)/C=C/c1ccc2c(c1)OCO2. The first-order chi connectivity index (χ1) is 9.72. The molecule has 0 aromatic heterocycles. The predicted octanol–water partition coefficient (Wildman–Crippen LogP) is 1.71. The second-order valence-corrected chi connectivity index (χ2v) is 4.57. The highest BCUT2D eigenvalue weighted by Crippen LogP contribution is 2.32. The van der Waals surface area contributed by atoms with E-state index >= 15 is 0 Å². The van der Waals surface area contributed by atoms with E-state index in [0.29, 0.717) is 12.2 Å². The Kier molecular flexibility index (Phi) is 5.01.